The monoisotopic (exact) mass is 186 g/mol. The lowest BCUT2D eigenvalue weighted by Gasteiger charge is -2.18. The van der Waals surface area contributed by atoms with Gasteiger partial charge in [-0.05, 0) is 23.0 Å². The summed E-state index contributed by atoms with van der Waals surface area (Å²) in [6.45, 7) is 11.4. The van der Waals surface area contributed by atoms with Crippen LogP contribution in [0.5, 0.6) is 0 Å². The third kappa shape index (κ3) is 1.21. The van der Waals surface area contributed by atoms with E-state index in [2.05, 4.69) is 18.7 Å². The van der Waals surface area contributed by atoms with E-state index >= 15 is 0 Å². The maximum absolute atomic E-state index is 6.98. The number of fused-ring (bicyclic) bond motifs is 1. The lowest BCUT2D eigenvalue weighted by molar-refractivity contribution is 0.481. The maximum Gasteiger partial charge on any atom is 0.187 e. The molecule has 0 bridgehead atoms. The molecule has 0 aromatic heterocycles. The van der Waals surface area contributed by atoms with E-state index in [1.165, 1.54) is 11.1 Å². The molecule has 1 atom stereocenters. The van der Waals surface area contributed by atoms with E-state index < -0.39 is 0 Å². The Kier molecular flexibility index (Phi) is 1.87. The molecule has 2 rings (SSSR count). The van der Waals surface area contributed by atoms with Gasteiger partial charge in [0, 0.05) is 6.04 Å². The summed E-state index contributed by atoms with van der Waals surface area (Å²) in [5.74, 6) is 0. The van der Waals surface area contributed by atoms with Crippen molar-refractivity contribution in [1.29, 1.82) is 0 Å². The van der Waals surface area contributed by atoms with Crippen molar-refractivity contribution in [2.45, 2.75) is 31.7 Å². The zero-order chi connectivity index (χ0) is 10.3. The molecule has 0 aliphatic heterocycles. The standard InChI is InChI=1S/C12H14N2/c1-12(2)7-11(13)9-5-4-8(14-3)6-10(9)12/h4-6,11H,7,13H2,1-2H3. The second-order valence-corrected chi connectivity index (χ2v) is 4.58. The minimum Gasteiger partial charge on any atom is -0.324 e. The number of hydrogen-bond acceptors (Lipinski definition) is 1. The molecule has 1 aliphatic carbocycles. The van der Waals surface area contributed by atoms with E-state index in [1.54, 1.807) is 0 Å². The summed E-state index contributed by atoms with van der Waals surface area (Å²) < 4.78 is 0. The highest BCUT2D eigenvalue weighted by molar-refractivity contribution is 5.54. The van der Waals surface area contributed by atoms with Crippen LogP contribution in [0.1, 0.15) is 37.4 Å². The van der Waals surface area contributed by atoms with Crippen LogP contribution >= 0.6 is 0 Å². The highest BCUT2D eigenvalue weighted by Gasteiger charge is 2.34. The molecule has 0 saturated carbocycles. The first-order valence-corrected chi connectivity index (χ1v) is 4.82. The Morgan fingerprint density at radius 3 is 2.86 bits per heavy atom. The summed E-state index contributed by atoms with van der Waals surface area (Å²) in [5.41, 5.74) is 9.33. The number of hydrogen-bond donors (Lipinski definition) is 1. The molecular weight excluding hydrogens is 172 g/mol. The summed E-state index contributed by atoms with van der Waals surface area (Å²) in [5, 5.41) is 0. The van der Waals surface area contributed by atoms with Gasteiger partial charge in [0.25, 0.3) is 0 Å². The zero-order valence-electron chi connectivity index (χ0n) is 8.54. The van der Waals surface area contributed by atoms with Gasteiger partial charge >= 0.3 is 0 Å². The Labute approximate surface area is 84.6 Å². The van der Waals surface area contributed by atoms with Crippen molar-refractivity contribution in [3.63, 3.8) is 0 Å². The SMILES string of the molecule is [C-]#[N+]c1ccc2c(c1)C(C)(C)CC2N. The third-order valence-corrected chi connectivity index (χ3v) is 3.02. The normalized spacial score (nSPS) is 22.9. The Morgan fingerprint density at radius 2 is 2.21 bits per heavy atom. The molecule has 1 unspecified atom stereocenters. The van der Waals surface area contributed by atoms with Gasteiger partial charge in [-0.2, -0.15) is 0 Å². The molecule has 2 N–H and O–H groups in total. The molecular formula is C12H14N2. The molecule has 0 fully saturated rings. The molecule has 72 valence electrons. The Bertz CT molecular complexity index is 413. The molecule has 14 heavy (non-hydrogen) atoms. The number of nitrogens with zero attached hydrogens (tertiary/aromatic N) is 1. The summed E-state index contributed by atoms with van der Waals surface area (Å²) in [6, 6.07) is 5.98. The molecule has 1 aromatic carbocycles. The molecule has 0 heterocycles. The lowest BCUT2D eigenvalue weighted by Crippen LogP contribution is -2.14. The van der Waals surface area contributed by atoms with Crippen molar-refractivity contribution in [2.75, 3.05) is 0 Å². The highest BCUT2D eigenvalue weighted by Crippen LogP contribution is 2.44. The fourth-order valence-electron chi connectivity index (χ4n) is 2.29. The quantitative estimate of drug-likeness (QED) is 0.620. The van der Waals surface area contributed by atoms with Crippen LogP contribution in [0.25, 0.3) is 4.85 Å². The van der Waals surface area contributed by atoms with Crippen LogP contribution in [0, 0.1) is 6.57 Å². The predicted molar refractivity (Wildman–Crippen MR) is 57.3 cm³/mol. The van der Waals surface area contributed by atoms with E-state index in [4.69, 9.17) is 12.3 Å². The minimum absolute atomic E-state index is 0.120. The van der Waals surface area contributed by atoms with Crippen molar-refractivity contribution in [3.8, 4) is 0 Å². The van der Waals surface area contributed by atoms with Crippen molar-refractivity contribution in [1.82, 2.24) is 0 Å². The summed E-state index contributed by atoms with van der Waals surface area (Å²) in [7, 11) is 0. The van der Waals surface area contributed by atoms with Gasteiger partial charge in [0.2, 0.25) is 0 Å². The Hall–Kier alpha value is -1.33. The van der Waals surface area contributed by atoms with Crippen molar-refractivity contribution < 1.29 is 0 Å². The van der Waals surface area contributed by atoms with Crippen molar-refractivity contribution >= 4 is 5.69 Å². The molecule has 0 saturated heterocycles. The first-order valence-electron chi connectivity index (χ1n) is 4.82. The predicted octanol–water partition coefficient (Wildman–Crippen LogP) is 2.92. The van der Waals surface area contributed by atoms with E-state index in [0.717, 1.165) is 6.42 Å². The van der Waals surface area contributed by atoms with Gasteiger partial charge in [-0.3, -0.25) is 0 Å². The van der Waals surface area contributed by atoms with E-state index in [0.29, 0.717) is 5.69 Å². The van der Waals surface area contributed by atoms with E-state index in [1.807, 2.05) is 18.2 Å². The average molecular weight is 186 g/mol. The number of rotatable bonds is 0. The van der Waals surface area contributed by atoms with Gasteiger partial charge < -0.3 is 5.73 Å². The molecule has 0 radical (unpaired) electrons. The largest absolute Gasteiger partial charge is 0.324 e. The fourth-order valence-corrected chi connectivity index (χ4v) is 2.29. The topological polar surface area (TPSA) is 30.4 Å². The Balaban J connectivity index is 2.60. The van der Waals surface area contributed by atoms with Crippen LogP contribution < -0.4 is 5.73 Å². The van der Waals surface area contributed by atoms with Gasteiger partial charge in [-0.15, -0.1) is 0 Å². The van der Waals surface area contributed by atoms with Crippen LogP contribution in [0.4, 0.5) is 5.69 Å². The molecule has 0 spiro atoms. The fraction of sp³-hybridized carbons (Fsp3) is 0.417. The maximum atomic E-state index is 6.98. The molecule has 0 amide bonds. The minimum atomic E-state index is 0.120. The summed E-state index contributed by atoms with van der Waals surface area (Å²) in [4.78, 5) is 3.45. The number of benzene rings is 1. The van der Waals surface area contributed by atoms with Crippen LogP contribution in [-0.2, 0) is 5.41 Å². The van der Waals surface area contributed by atoms with Crippen LogP contribution in [-0.4, -0.2) is 0 Å². The van der Waals surface area contributed by atoms with Gasteiger partial charge in [0.15, 0.2) is 5.69 Å². The molecule has 2 heteroatoms. The first-order chi connectivity index (χ1) is 6.54. The van der Waals surface area contributed by atoms with Crippen molar-refractivity contribution in [3.05, 3.63) is 40.7 Å². The number of nitrogens with two attached hydrogens (primary N) is 1. The summed E-state index contributed by atoms with van der Waals surface area (Å²) >= 11 is 0. The molecule has 2 nitrogen and oxygen atoms in total. The van der Waals surface area contributed by atoms with E-state index in [-0.39, 0.29) is 11.5 Å². The van der Waals surface area contributed by atoms with Gasteiger partial charge in [0.05, 0.1) is 6.57 Å². The van der Waals surface area contributed by atoms with Crippen molar-refractivity contribution in [2.24, 2.45) is 5.73 Å². The lowest BCUT2D eigenvalue weighted by atomic mass is 9.86. The second-order valence-electron chi connectivity index (χ2n) is 4.58. The Morgan fingerprint density at radius 1 is 1.50 bits per heavy atom. The second kappa shape index (κ2) is 2.83. The average Bonchev–Trinajstić information content (AvgIpc) is 2.37. The highest BCUT2D eigenvalue weighted by atomic mass is 14.7. The van der Waals surface area contributed by atoms with Gasteiger partial charge in [-0.1, -0.05) is 32.0 Å². The van der Waals surface area contributed by atoms with Crippen LogP contribution in [0.3, 0.4) is 0 Å². The van der Waals surface area contributed by atoms with E-state index in [9.17, 15) is 0 Å². The summed E-state index contributed by atoms with van der Waals surface area (Å²) in [6.07, 6.45) is 0.976. The smallest absolute Gasteiger partial charge is 0.187 e. The van der Waals surface area contributed by atoms with Crippen LogP contribution in [0.15, 0.2) is 18.2 Å². The molecule has 1 aliphatic rings. The van der Waals surface area contributed by atoms with Crippen LogP contribution in [0.2, 0.25) is 0 Å². The van der Waals surface area contributed by atoms with Gasteiger partial charge in [0.1, 0.15) is 0 Å². The molecule has 1 aromatic rings. The zero-order valence-corrected chi connectivity index (χ0v) is 8.54. The van der Waals surface area contributed by atoms with Gasteiger partial charge in [-0.25, -0.2) is 4.85 Å². The first kappa shape index (κ1) is 9.23. The third-order valence-electron chi connectivity index (χ3n) is 3.02.